The van der Waals surface area contributed by atoms with E-state index in [4.69, 9.17) is 21.6 Å². The van der Waals surface area contributed by atoms with Gasteiger partial charge >= 0.3 is 0 Å². The Labute approximate surface area is 110 Å². The summed E-state index contributed by atoms with van der Waals surface area (Å²) in [5.74, 6) is 0.626. The van der Waals surface area contributed by atoms with Crippen LogP contribution in [0.2, 0.25) is 5.02 Å². The molecule has 0 bridgehead atoms. The fourth-order valence-electron chi connectivity index (χ4n) is 1.74. The van der Waals surface area contributed by atoms with Gasteiger partial charge in [0.05, 0.1) is 24.6 Å². The van der Waals surface area contributed by atoms with Crippen LogP contribution < -0.4 is 4.74 Å². The predicted octanol–water partition coefficient (Wildman–Crippen LogP) is 3.02. The summed E-state index contributed by atoms with van der Waals surface area (Å²) in [6, 6.07) is 5.74. The highest BCUT2D eigenvalue weighted by molar-refractivity contribution is 6.31. The summed E-state index contributed by atoms with van der Waals surface area (Å²) < 4.78 is 6.99. The van der Waals surface area contributed by atoms with Gasteiger partial charge in [0.25, 0.3) is 0 Å². The predicted molar refractivity (Wildman–Crippen MR) is 69.3 cm³/mol. The van der Waals surface area contributed by atoms with E-state index in [2.05, 4.69) is 11.2 Å². The number of aryl methyl sites for hydroxylation is 1. The first kappa shape index (κ1) is 12.5. The fraction of sp³-hybridized carbons (Fsp3) is 0.231. The molecule has 0 amide bonds. The first-order valence-electron chi connectivity index (χ1n) is 5.37. The van der Waals surface area contributed by atoms with Crippen LogP contribution in [0.1, 0.15) is 16.8 Å². The Hall–Kier alpha value is -1.99. The average Bonchev–Trinajstić information content (AvgIpc) is 2.73. The Balaban J connectivity index is 2.67. The molecule has 0 aliphatic carbocycles. The van der Waals surface area contributed by atoms with Crippen molar-refractivity contribution in [2.24, 2.45) is 0 Å². The number of hydrogen-bond acceptors (Lipinski definition) is 3. The van der Waals surface area contributed by atoms with E-state index in [9.17, 15) is 0 Å². The van der Waals surface area contributed by atoms with Crippen LogP contribution in [0.4, 0.5) is 0 Å². The number of rotatable bonds is 2. The maximum atomic E-state index is 8.95. The average molecular weight is 262 g/mol. The highest BCUT2D eigenvalue weighted by atomic mass is 35.5. The number of aromatic nitrogens is 2. The van der Waals surface area contributed by atoms with Gasteiger partial charge in [-0.15, -0.1) is 0 Å². The van der Waals surface area contributed by atoms with E-state index in [1.807, 2.05) is 19.9 Å². The fourth-order valence-corrected chi connectivity index (χ4v) is 1.89. The first-order valence-corrected chi connectivity index (χ1v) is 5.75. The first-order chi connectivity index (χ1) is 8.58. The number of hydrogen-bond donors (Lipinski definition) is 0. The summed E-state index contributed by atoms with van der Waals surface area (Å²) in [7, 11) is 1.58. The van der Waals surface area contributed by atoms with Crippen molar-refractivity contribution in [1.29, 1.82) is 5.26 Å². The molecule has 0 fully saturated rings. The van der Waals surface area contributed by atoms with Gasteiger partial charge in [0.1, 0.15) is 17.5 Å². The molecule has 4 nitrogen and oxygen atoms in total. The van der Waals surface area contributed by atoms with Crippen LogP contribution >= 0.6 is 11.6 Å². The number of ether oxygens (including phenoxy) is 1. The third-order valence-corrected chi connectivity index (χ3v) is 3.23. The van der Waals surface area contributed by atoms with Crippen molar-refractivity contribution in [3.63, 3.8) is 0 Å². The lowest BCUT2D eigenvalue weighted by Crippen LogP contribution is -2.02. The third-order valence-electron chi connectivity index (χ3n) is 2.82. The molecule has 0 N–H and O–H groups in total. The molecule has 0 spiro atoms. The molecule has 92 valence electrons. The number of nitriles is 1. The molecule has 5 heteroatoms. The minimum Gasteiger partial charge on any atom is -0.494 e. The van der Waals surface area contributed by atoms with Crippen molar-refractivity contribution < 1.29 is 4.74 Å². The smallest absolute Gasteiger partial charge is 0.146 e. The van der Waals surface area contributed by atoms with Gasteiger partial charge in [0.15, 0.2) is 0 Å². The van der Waals surface area contributed by atoms with Crippen molar-refractivity contribution >= 4 is 11.6 Å². The molecular formula is C13H12ClN3O. The molecule has 1 aromatic carbocycles. The Kier molecular flexibility index (Phi) is 3.26. The van der Waals surface area contributed by atoms with Gasteiger partial charge in [0, 0.05) is 11.1 Å². The topological polar surface area (TPSA) is 50.8 Å². The summed E-state index contributed by atoms with van der Waals surface area (Å²) >= 11 is 6.06. The zero-order valence-electron chi connectivity index (χ0n) is 10.4. The van der Waals surface area contributed by atoms with Gasteiger partial charge < -0.3 is 4.74 Å². The second kappa shape index (κ2) is 4.71. The van der Waals surface area contributed by atoms with Crippen LogP contribution in [0.15, 0.2) is 18.3 Å². The SMILES string of the molecule is COc1cc(Cl)c(C)cc1-n1ncc(C#N)c1C. The molecule has 2 rings (SSSR count). The van der Waals surface area contributed by atoms with Crippen LogP contribution in [0.25, 0.3) is 5.69 Å². The number of benzene rings is 1. The van der Waals surface area contributed by atoms with Crippen molar-refractivity contribution in [2.75, 3.05) is 7.11 Å². The van der Waals surface area contributed by atoms with Crippen LogP contribution in [0, 0.1) is 25.2 Å². The van der Waals surface area contributed by atoms with Crippen LogP contribution in [0.5, 0.6) is 5.75 Å². The van der Waals surface area contributed by atoms with E-state index < -0.39 is 0 Å². The largest absolute Gasteiger partial charge is 0.494 e. The Morgan fingerprint density at radius 2 is 2.11 bits per heavy atom. The highest BCUT2D eigenvalue weighted by Crippen LogP contribution is 2.30. The monoisotopic (exact) mass is 261 g/mol. The van der Waals surface area contributed by atoms with Gasteiger partial charge in [0.2, 0.25) is 0 Å². The van der Waals surface area contributed by atoms with Crippen molar-refractivity contribution in [3.05, 3.63) is 40.2 Å². The van der Waals surface area contributed by atoms with Crippen LogP contribution in [0.3, 0.4) is 0 Å². The molecule has 0 saturated carbocycles. The molecular weight excluding hydrogens is 250 g/mol. The van der Waals surface area contributed by atoms with Crippen LogP contribution in [-0.4, -0.2) is 16.9 Å². The van der Waals surface area contributed by atoms with Gasteiger partial charge in [-0.1, -0.05) is 11.6 Å². The van der Waals surface area contributed by atoms with Gasteiger partial charge in [-0.3, -0.25) is 0 Å². The quantitative estimate of drug-likeness (QED) is 0.835. The molecule has 0 atom stereocenters. The van der Waals surface area contributed by atoms with E-state index in [-0.39, 0.29) is 0 Å². The number of nitrogens with zero attached hydrogens (tertiary/aromatic N) is 3. The lowest BCUT2D eigenvalue weighted by molar-refractivity contribution is 0.411. The standard InChI is InChI=1S/C13H12ClN3O/c1-8-4-12(13(18-3)5-11(8)14)17-9(2)10(6-15)7-16-17/h4-5,7H,1-3H3. The van der Waals surface area contributed by atoms with E-state index >= 15 is 0 Å². The Morgan fingerprint density at radius 3 is 2.67 bits per heavy atom. The third kappa shape index (κ3) is 1.93. The van der Waals surface area contributed by atoms with E-state index in [0.29, 0.717) is 16.3 Å². The molecule has 18 heavy (non-hydrogen) atoms. The molecule has 0 aliphatic rings. The number of methoxy groups -OCH3 is 1. The van der Waals surface area contributed by atoms with E-state index in [1.165, 1.54) is 0 Å². The molecule has 0 aliphatic heterocycles. The Morgan fingerprint density at radius 1 is 1.39 bits per heavy atom. The maximum Gasteiger partial charge on any atom is 0.146 e. The molecule has 0 unspecified atom stereocenters. The highest BCUT2D eigenvalue weighted by Gasteiger charge is 2.13. The van der Waals surface area contributed by atoms with E-state index in [0.717, 1.165) is 16.9 Å². The minimum absolute atomic E-state index is 0.546. The van der Waals surface area contributed by atoms with Gasteiger partial charge in [-0.25, -0.2) is 4.68 Å². The summed E-state index contributed by atoms with van der Waals surface area (Å²) in [5.41, 5.74) is 3.03. The zero-order chi connectivity index (χ0) is 13.3. The van der Waals surface area contributed by atoms with Gasteiger partial charge in [-0.2, -0.15) is 10.4 Å². The van der Waals surface area contributed by atoms with Gasteiger partial charge in [-0.05, 0) is 25.5 Å². The second-order valence-corrected chi connectivity index (χ2v) is 4.35. The summed E-state index contributed by atoms with van der Waals surface area (Å²) in [5, 5.41) is 13.8. The van der Waals surface area contributed by atoms with Crippen molar-refractivity contribution in [1.82, 2.24) is 9.78 Å². The molecule has 0 saturated heterocycles. The van der Waals surface area contributed by atoms with Crippen molar-refractivity contribution in [3.8, 4) is 17.5 Å². The zero-order valence-corrected chi connectivity index (χ0v) is 11.1. The molecule has 2 aromatic rings. The normalized spacial score (nSPS) is 10.2. The van der Waals surface area contributed by atoms with Crippen LogP contribution in [-0.2, 0) is 0 Å². The summed E-state index contributed by atoms with van der Waals surface area (Å²) in [4.78, 5) is 0. The lowest BCUT2D eigenvalue weighted by Gasteiger charge is -2.12. The lowest BCUT2D eigenvalue weighted by atomic mass is 10.2. The number of halogens is 1. The summed E-state index contributed by atoms with van der Waals surface area (Å²) in [6.07, 6.45) is 1.54. The second-order valence-electron chi connectivity index (χ2n) is 3.94. The summed E-state index contributed by atoms with van der Waals surface area (Å²) in [6.45, 7) is 3.75. The Bertz CT molecular complexity index is 640. The minimum atomic E-state index is 0.546. The van der Waals surface area contributed by atoms with E-state index in [1.54, 1.807) is 24.1 Å². The van der Waals surface area contributed by atoms with Crippen molar-refractivity contribution in [2.45, 2.75) is 13.8 Å². The molecule has 1 heterocycles. The maximum absolute atomic E-state index is 8.95. The molecule has 1 aromatic heterocycles. The molecule has 0 radical (unpaired) electrons.